The second-order valence-corrected chi connectivity index (χ2v) is 10.0. The smallest absolute Gasteiger partial charge is 0.338 e. The number of amides is 2. The van der Waals surface area contributed by atoms with E-state index in [0.29, 0.717) is 24.4 Å². The Bertz CT molecular complexity index is 858. The highest BCUT2D eigenvalue weighted by Gasteiger charge is 2.49. The van der Waals surface area contributed by atoms with Crippen molar-refractivity contribution in [3.05, 3.63) is 28.8 Å². The van der Waals surface area contributed by atoms with Crippen LogP contribution < -0.4 is 5.32 Å². The number of rotatable bonds is 4. The molecule has 28 heavy (non-hydrogen) atoms. The van der Waals surface area contributed by atoms with Crippen LogP contribution >= 0.6 is 11.6 Å². The highest BCUT2D eigenvalue weighted by molar-refractivity contribution is 7.85. The van der Waals surface area contributed by atoms with E-state index in [1.54, 1.807) is 25.7 Å². The third kappa shape index (κ3) is 4.55. The number of likely N-dealkylation sites (tertiary alicyclic amines) is 1. The first-order valence-electron chi connectivity index (χ1n) is 8.98. The summed E-state index contributed by atoms with van der Waals surface area (Å²) in [6.07, 6.45) is 1.20. The molecule has 152 valence electrons. The minimum absolute atomic E-state index is 0.00698. The lowest BCUT2D eigenvalue weighted by Crippen LogP contribution is -2.68. The van der Waals surface area contributed by atoms with Crippen LogP contribution in [0.25, 0.3) is 0 Å². The summed E-state index contributed by atoms with van der Waals surface area (Å²) in [6, 6.07) is 4.38. The molecule has 0 saturated carbocycles. The van der Waals surface area contributed by atoms with Crippen molar-refractivity contribution in [2.45, 2.75) is 49.6 Å². The van der Waals surface area contributed by atoms with Crippen molar-refractivity contribution < 1.29 is 23.3 Å². The van der Waals surface area contributed by atoms with Crippen LogP contribution in [0.15, 0.2) is 23.1 Å². The van der Waals surface area contributed by atoms with Gasteiger partial charge in [0.05, 0.1) is 31.8 Å². The fourth-order valence-corrected chi connectivity index (χ4v) is 4.80. The fraction of sp³-hybridized carbons (Fsp3) is 0.526. The van der Waals surface area contributed by atoms with Gasteiger partial charge in [-0.15, -0.1) is 0 Å². The van der Waals surface area contributed by atoms with Crippen molar-refractivity contribution in [3.8, 4) is 0 Å². The van der Waals surface area contributed by atoms with Gasteiger partial charge < -0.3 is 15.0 Å². The Kier molecular flexibility index (Phi) is 5.55. The normalized spacial score (nSPS) is 19.1. The van der Waals surface area contributed by atoms with Crippen molar-refractivity contribution in [2.75, 3.05) is 18.8 Å². The lowest BCUT2D eigenvalue weighted by Gasteiger charge is -2.47. The summed E-state index contributed by atoms with van der Waals surface area (Å²) in [5, 5.41) is 3.06. The van der Waals surface area contributed by atoms with Gasteiger partial charge in [0.25, 0.3) is 0 Å². The number of carbonyl (C=O) groups excluding carboxylic acids is 3. The minimum Gasteiger partial charge on any atom is -0.456 e. The first-order valence-corrected chi connectivity index (χ1v) is 10.7. The van der Waals surface area contributed by atoms with E-state index in [0.717, 1.165) is 6.42 Å². The third-order valence-corrected chi connectivity index (χ3v) is 6.42. The quantitative estimate of drug-likeness (QED) is 0.742. The van der Waals surface area contributed by atoms with Gasteiger partial charge in [-0.1, -0.05) is 11.6 Å². The third-order valence-electron chi connectivity index (χ3n) is 4.64. The zero-order chi connectivity index (χ0) is 20.7. The predicted molar refractivity (Wildman–Crippen MR) is 105 cm³/mol. The van der Waals surface area contributed by atoms with E-state index in [-0.39, 0.29) is 33.7 Å². The predicted octanol–water partition coefficient (Wildman–Crippen LogP) is 1.89. The van der Waals surface area contributed by atoms with Crippen LogP contribution in [0.4, 0.5) is 0 Å². The Morgan fingerprint density at radius 2 is 2.00 bits per heavy atom. The Morgan fingerprint density at radius 3 is 2.54 bits per heavy atom. The molecule has 3 rings (SSSR count). The number of benzene rings is 1. The van der Waals surface area contributed by atoms with E-state index in [1.807, 2.05) is 0 Å². The number of esters is 1. The first kappa shape index (κ1) is 20.8. The van der Waals surface area contributed by atoms with Crippen LogP contribution in [0.2, 0.25) is 5.02 Å². The Morgan fingerprint density at radius 1 is 1.32 bits per heavy atom. The Labute approximate surface area is 171 Å². The van der Waals surface area contributed by atoms with Crippen LogP contribution in [0.3, 0.4) is 0 Å². The molecule has 9 heteroatoms. The zero-order valence-corrected chi connectivity index (χ0v) is 17.6. The van der Waals surface area contributed by atoms with Crippen LogP contribution in [-0.4, -0.2) is 56.9 Å². The van der Waals surface area contributed by atoms with Crippen molar-refractivity contribution in [2.24, 2.45) is 0 Å². The van der Waals surface area contributed by atoms with E-state index in [1.165, 1.54) is 18.2 Å². The summed E-state index contributed by atoms with van der Waals surface area (Å²) in [5.41, 5.74) is -0.681. The van der Waals surface area contributed by atoms with Crippen molar-refractivity contribution in [1.29, 1.82) is 0 Å². The van der Waals surface area contributed by atoms with Gasteiger partial charge in [0.2, 0.25) is 11.8 Å². The van der Waals surface area contributed by atoms with Crippen molar-refractivity contribution >= 4 is 40.2 Å². The molecule has 7 nitrogen and oxygen atoms in total. The average molecular weight is 427 g/mol. The summed E-state index contributed by atoms with van der Waals surface area (Å²) in [6.45, 7) is 6.18. The molecule has 2 aliphatic heterocycles. The lowest BCUT2D eigenvalue weighted by atomic mass is 9.88. The number of hydrogen-bond donors (Lipinski definition) is 1. The van der Waals surface area contributed by atoms with Gasteiger partial charge in [-0.2, -0.15) is 0 Å². The molecular weight excluding hydrogens is 404 g/mol. The second-order valence-electron chi connectivity index (χ2n) is 8.22. The summed E-state index contributed by atoms with van der Waals surface area (Å²) in [7, 11) is -1.64. The first-order chi connectivity index (χ1) is 13.0. The molecule has 2 heterocycles. The maximum absolute atomic E-state index is 12.6. The van der Waals surface area contributed by atoms with Crippen LogP contribution in [-0.2, 0) is 25.1 Å². The number of nitrogens with zero attached hydrogens (tertiary/aromatic N) is 1. The summed E-state index contributed by atoms with van der Waals surface area (Å²) >= 11 is 6.19. The van der Waals surface area contributed by atoms with Crippen molar-refractivity contribution in [3.63, 3.8) is 0 Å². The van der Waals surface area contributed by atoms with Gasteiger partial charge in [0.1, 0.15) is 11.4 Å². The molecule has 1 atom stereocenters. The molecule has 1 aromatic carbocycles. The van der Waals surface area contributed by atoms with Crippen molar-refractivity contribution in [1.82, 2.24) is 10.2 Å². The SMILES string of the molecule is CC(C)(C)OC(=O)c1ccc(S(=O)CC(=O)N2CC3(CCC(=O)N3)C2)c(Cl)c1. The molecule has 2 saturated heterocycles. The molecular formula is C19H23ClN2O5S. The number of halogens is 1. The number of nitrogens with one attached hydrogen (secondary N) is 1. The van der Waals surface area contributed by atoms with E-state index >= 15 is 0 Å². The zero-order valence-electron chi connectivity index (χ0n) is 16.0. The molecule has 1 unspecified atom stereocenters. The maximum Gasteiger partial charge on any atom is 0.338 e. The molecule has 2 fully saturated rings. The lowest BCUT2D eigenvalue weighted by molar-refractivity contribution is -0.137. The molecule has 0 aromatic heterocycles. The Hall–Kier alpha value is -1.93. The van der Waals surface area contributed by atoms with Gasteiger partial charge in [-0.05, 0) is 45.4 Å². The van der Waals surface area contributed by atoms with Gasteiger partial charge in [-0.25, -0.2) is 4.79 Å². The number of carbonyl (C=O) groups is 3. The summed E-state index contributed by atoms with van der Waals surface area (Å²) < 4.78 is 17.9. The van der Waals surface area contributed by atoms with Gasteiger partial charge in [-0.3, -0.25) is 13.8 Å². The van der Waals surface area contributed by atoms with Gasteiger partial charge in [0, 0.05) is 19.5 Å². The summed E-state index contributed by atoms with van der Waals surface area (Å²) in [4.78, 5) is 37.7. The molecule has 0 aliphatic carbocycles. The van der Waals surface area contributed by atoms with E-state index in [9.17, 15) is 18.6 Å². The van der Waals surface area contributed by atoms with Gasteiger partial charge in [0.15, 0.2) is 0 Å². The number of hydrogen-bond acceptors (Lipinski definition) is 5. The highest BCUT2D eigenvalue weighted by Crippen LogP contribution is 2.31. The van der Waals surface area contributed by atoms with Gasteiger partial charge >= 0.3 is 5.97 Å². The molecule has 2 aliphatic rings. The molecule has 0 bridgehead atoms. The van der Waals surface area contributed by atoms with Crippen LogP contribution in [0, 0.1) is 0 Å². The Balaban J connectivity index is 1.59. The molecule has 1 spiro atoms. The van der Waals surface area contributed by atoms with E-state index < -0.39 is 22.4 Å². The van der Waals surface area contributed by atoms with Crippen LogP contribution in [0.1, 0.15) is 44.0 Å². The fourth-order valence-electron chi connectivity index (χ4n) is 3.30. The number of ether oxygens (including phenoxy) is 1. The minimum atomic E-state index is -1.64. The van der Waals surface area contributed by atoms with Crippen LogP contribution in [0.5, 0.6) is 0 Å². The second kappa shape index (κ2) is 7.48. The standard InChI is InChI=1S/C19H23ClN2O5S/c1-18(2,3)27-17(25)12-4-5-14(13(20)8-12)28(26)9-16(24)22-10-19(11-22)7-6-15(23)21-19/h4-5,8H,6-7,9-11H2,1-3H3,(H,21,23). The summed E-state index contributed by atoms with van der Waals surface area (Å²) in [5.74, 6) is -0.965. The van der Waals surface area contributed by atoms with E-state index in [4.69, 9.17) is 16.3 Å². The molecule has 1 N–H and O–H groups in total. The molecule has 0 radical (unpaired) electrons. The average Bonchev–Trinajstić information content (AvgIpc) is 2.93. The monoisotopic (exact) mass is 426 g/mol. The largest absolute Gasteiger partial charge is 0.456 e. The molecule has 2 amide bonds. The van der Waals surface area contributed by atoms with E-state index in [2.05, 4.69) is 5.32 Å². The highest BCUT2D eigenvalue weighted by atomic mass is 35.5. The maximum atomic E-state index is 12.6. The molecule has 1 aromatic rings. The topological polar surface area (TPSA) is 92.8 Å².